The fraction of sp³-hybridized carbons (Fsp3) is 0. The van der Waals surface area contributed by atoms with Crippen LogP contribution in [0.2, 0.25) is 0 Å². The molecule has 5 atom stereocenters. The molecule has 1 heterocycles. The minimum atomic E-state index is 0.250. The summed E-state index contributed by atoms with van der Waals surface area (Å²) in [5, 5.41) is 0. The molecular formula is C2H7P5+2. The summed E-state index contributed by atoms with van der Waals surface area (Å²) in [5.74, 6) is 4.66. The molecule has 0 aliphatic heterocycles. The number of rotatable bonds is 0. The van der Waals surface area contributed by atoms with E-state index in [2.05, 4.69) is 29.5 Å². The Morgan fingerprint density at radius 1 is 1.71 bits per heavy atom. The van der Waals surface area contributed by atoms with Gasteiger partial charge in [0.25, 0.3) is 6.58 Å². The summed E-state index contributed by atoms with van der Waals surface area (Å²) in [7, 11) is 6.96. The van der Waals surface area contributed by atoms with Gasteiger partial charge in [-0.05, 0) is 0 Å². The van der Waals surface area contributed by atoms with Crippen LogP contribution in [0.25, 0.3) is 0 Å². The largest absolute Gasteiger partial charge is 0.259 e. The topological polar surface area (TPSA) is 0 Å². The average Bonchev–Trinajstić information content (AvgIpc) is 1.91. The Morgan fingerprint density at radius 2 is 2.43 bits per heavy atom. The van der Waals surface area contributed by atoms with E-state index in [4.69, 9.17) is 0 Å². The SMILES string of the molecule is Pp1[pH+]cc[p+]1P. The zero-order chi connectivity index (χ0) is 5.28. The smallest absolute Gasteiger partial charge is 0.00282 e. The number of hydrogen-bond acceptors (Lipinski definition) is 0. The molecule has 0 aromatic carbocycles. The van der Waals surface area contributed by atoms with Gasteiger partial charge in [0.05, 0.1) is 8.93 Å². The van der Waals surface area contributed by atoms with Crippen molar-refractivity contribution in [2.45, 2.75) is 0 Å². The lowest BCUT2D eigenvalue weighted by atomic mass is 11.2. The van der Waals surface area contributed by atoms with Crippen molar-refractivity contribution in [2.24, 2.45) is 0 Å². The monoisotopic (exact) mass is 186 g/mol. The molecular weight excluding hydrogens is 179 g/mol. The quantitative estimate of drug-likeness (QED) is 0.543. The van der Waals surface area contributed by atoms with Crippen LogP contribution >= 0.6 is 39.2 Å². The molecule has 0 nitrogen and oxygen atoms in total. The maximum atomic E-state index is 2.93. The van der Waals surface area contributed by atoms with Crippen LogP contribution in [-0.2, 0) is 0 Å². The third kappa shape index (κ3) is 1.72. The second kappa shape index (κ2) is 2.87. The van der Waals surface area contributed by atoms with Gasteiger partial charge in [0.1, 0.15) is 0 Å². The van der Waals surface area contributed by atoms with Gasteiger partial charge in [0.2, 0.25) is 0 Å². The van der Waals surface area contributed by atoms with Crippen molar-refractivity contribution < 1.29 is 0 Å². The van der Waals surface area contributed by atoms with Crippen molar-refractivity contribution in [3.63, 3.8) is 0 Å². The van der Waals surface area contributed by atoms with E-state index < -0.39 is 0 Å². The van der Waals surface area contributed by atoms with Crippen molar-refractivity contribution in [2.75, 3.05) is 0 Å². The molecule has 5 unspecified atom stereocenters. The highest BCUT2D eigenvalue weighted by Gasteiger charge is 2.09. The fourth-order valence-corrected chi connectivity index (χ4v) is 10.6. The van der Waals surface area contributed by atoms with Gasteiger partial charge in [0, 0.05) is 8.93 Å². The summed E-state index contributed by atoms with van der Waals surface area (Å²) in [4.78, 5) is 0. The van der Waals surface area contributed by atoms with E-state index in [9.17, 15) is 0 Å². The molecule has 0 saturated heterocycles. The van der Waals surface area contributed by atoms with Crippen LogP contribution in [0.15, 0.2) is 11.6 Å². The molecule has 1 aromatic heterocycles. The van der Waals surface area contributed by atoms with Gasteiger partial charge in [-0.1, -0.05) is 0 Å². The lowest BCUT2D eigenvalue weighted by Gasteiger charge is -1.58. The molecule has 1 rings (SSSR count). The molecule has 5 heteroatoms. The predicted molar refractivity (Wildman–Crippen MR) is 50.4 cm³/mol. The normalized spacial score (nSPS) is 15.7. The minimum absolute atomic E-state index is 0.250. The second-order valence-corrected chi connectivity index (χ2v) is 16.9. The first-order chi connectivity index (χ1) is 3.30. The molecule has 0 aliphatic rings. The van der Waals surface area contributed by atoms with Crippen molar-refractivity contribution in [1.29, 1.82) is 0 Å². The van der Waals surface area contributed by atoms with Crippen molar-refractivity contribution >= 4 is 39.2 Å². The van der Waals surface area contributed by atoms with Crippen LogP contribution in [-0.4, -0.2) is 0 Å². The first-order valence-corrected chi connectivity index (χ1v) is 10.4. The summed E-state index contributed by atoms with van der Waals surface area (Å²) in [6.45, 7) is 0.585. The summed E-state index contributed by atoms with van der Waals surface area (Å²) < 4.78 is 0. The molecule has 0 N–H and O–H groups in total. The molecule has 0 bridgehead atoms. The van der Waals surface area contributed by atoms with Crippen molar-refractivity contribution in [3.8, 4) is 0 Å². The highest BCUT2D eigenvalue weighted by atomic mass is 32.6. The van der Waals surface area contributed by atoms with E-state index in [1.165, 1.54) is 0 Å². The molecule has 38 valence electrons. The standard InChI is InChI=1S/C2H6P5/c3-6-2-1-5-7(6)4/h1-2H,3-4H2/q+1/p+1. The third-order valence-corrected chi connectivity index (χ3v) is 19.7. The van der Waals surface area contributed by atoms with Crippen molar-refractivity contribution in [1.82, 2.24) is 0 Å². The Labute approximate surface area is 51.3 Å². The van der Waals surface area contributed by atoms with E-state index in [1.54, 1.807) is 0 Å². The Kier molecular flexibility index (Phi) is 2.72. The highest BCUT2D eigenvalue weighted by molar-refractivity contribution is 8.63. The molecule has 0 saturated carbocycles. The second-order valence-electron chi connectivity index (χ2n) is 1.17. The van der Waals surface area contributed by atoms with Gasteiger partial charge in [-0.2, -0.15) is 0 Å². The van der Waals surface area contributed by atoms with E-state index in [0.717, 1.165) is 7.87 Å². The van der Waals surface area contributed by atoms with Crippen LogP contribution < -0.4 is 0 Å². The van der Waals surface area contributed by atoms with E-state index >= 15 is 0 Å². The third-order valence-electron chi connectivity index (χ3n) is 0.683. The van der Waals surface area contributed by atoms with Crippen molar-refractivity contribution in [3.05, 3.63) is 11.6 Å². The Balaban J connectivity index is 3.12. The molecule has 0 radical (unpaired) electrons. The molecule has 0 fully saturated rings. The lowest BCUT2D eigenvalue weighted by Crippen LogP contribution is -1.09. The fourth-order valence-electron chi connectivity index (χ4n) is 0.325. The highest BCUT2D eigenvalue weighted by Crippen LogP contribution is 2.67. The maximum Gasteiger partial charge on any atom is 0.259 e. The van der Waals surface area contributed by atoms with Gasteiger partial charge < -0.3 is 0 Å². The summed E-state index contributed by atoms with van der Waals surface area (Å²) >= 11 is 0. The van der Waals surface area contributed by atoms with Gasteiger partial charge in [0.15, 0.2) is 26.4 Å². The van der Waals surface area contributed by atoms with Crippen LogP contribution in [0.3, 0.4) is 0 Å². The first kappa shape index (κ1) is 6.62. The van der Waals surface area contributed by atoms with Crippen LogP contribution in [0.1, 0.15) is 0 Å². The van der Waals surface area contributed by atoms with Gasteiger partial charge >= 0.3 is 0 Å². The lowest BCUT2D eigenvalue weighted by molar-refractivity contribution is 2.38. The van der Waals surface area contributed by atoms with Crippen LogP contribution in [0.4, 0.5) is 0 Å². The zero-order valence-corrected chi connectivity index (χ0v) is 8.80. The summed E-state index contributed by atoms with van der Waals surface area (Å²) in [5.41, 5.74) is 0. The first-order valence-electron chi connectivity index (χ1n) is 1.82. The molecule has 0 aliphatic carbocycles. The zero-order valence-electron chi connectivity index (χ0n) is 3.70. The van der Waals surface area contributed by atoms with Gasteiger partial charge in [-0.3, -0.25) is 0 Å². The molecule has 0 amide bonds. The average molecular weight is 186 g/mol. The minimum Gasteiger partial charge on any atom is 0.00282 e. The van der Waals surface area contributed by atoms with Crippen LogP contribution in [0.5, 0.6) is 0 Å². The Bertz CT molecular complexity index is 138. The molecule has 1 aromatic rings. The van der Waals surface area contributed by atoms with E-state index in [-0.39, 0.29) is 6.90 Å². The van der Waals surface area contributed by atoms with Gasteiger partial charge in [-0.15, -0.1) is 0 Å². The Hall–Kier alpha value is 1.50. The van der Waals surface area contributed by atoms with E-state index in [0.29, 0.717) is 6.58 Å². The molecule has 7 heavy (non-hydrogen) atoms. The van der Waals surface area contributed by atoms with Crippen LogP contribution in [0, 0.1) is 0 Å². The molecule has 0 spiro atoms. The summed E-state index contributed by atoms with van der Waals surface area (Å²) in [6.07, 6.45) is 0. The van der Waals surface area contributed by atoms with Gasteiger partial charge in [-0.25, -0.2) is 0 Å². The maximum absolute atomic E-state index is 2.93. The van der Waals surface area contributed by atoms with E-state index in [1.807, 2.05) is 0 Å². The number of hydrogen-bond donors (Lipinski definition) is 0. The summed E-state index contributed by atoms with van der Waals surface area (Å²) in [6, 6.07) is 0. The Morgan fingerprint density at radius 3 is 2.57 bits per heavy atom. The predicted octanol–water partition coefficient (Wildman–Crippen LogP) is 3.53.